The molecule has 0 N–H and O–H groups in total. The Balaban J connectivity index is 2.08. The van der Waals surface area contributed by atoms with Crippen molar-refractivity contribution in [3.8, 4) is 11.8 Å². The molecule has 0 radical (unpaired) electrons. The minimum atomic E-state index is -0.0839. The Hall–Kier alpha value is -2.65. The van der Waals surface area contributed by atoms with Crippen LogP contribution in [0, 0.1) is 11.3 Å². The molecule has 2 heterocycles. The first-order chi connectivity index (χ1) is 10.2. The predicted octanol–water partition coefficient (Wildman–Crippen LogP) is 2.39. The lowest BCUT2D eigenvalue weighted by molar-refractivity contribution is 0.408. The average molecular weight is 297 g/mol. The van der Waals surface area contributed by atoms with Crippen LogP contribution < -0.4 is 10.3 Å². The van der Waals surface area contributed by atoms with Crippen molar-refractivity contribution in [1.82, 2.24) is 9.55 Å². The van der Waals surface area contributed by atoms with E-state index in [1.807, 2.05) is 11.4 Å². The molecule has 0 aliphatic rings. The van der Waals surface area contributed by atoms with E-state index in [-0.39, 0.29) is 5.56 Å². The normalized spacial score (nSPS) is 10.5. The summed E-state index contributed by atoms with van der Waals surface area (Å²) in [5.41, 5.74) is 1.93. The lowest BCUT2D eigenvalue weighted by atomic mass is 10.1. The molecule has 5 nitrogen and oxygen atoms in total. The molecule has 3 rings (SSSR count). The molecule has 0 aliphatic carbocycles. The highest BCUT2D eigenvalue weighted by atomic mass is 32.1. The van der Waals surface area contributed by atoms with Gasteiger partial charge in [0.05, 0.1) is 37.1 Å². The molecule has 0 amide bonds. The van der Waals surface area contributed by atoms with Crippen molar-refractivity contribution < 1.29 is 4.74 Å². The zero-order chi connectivity index (χ0) is 14.8. The van der Waals surface area contributed by atoms with Gasteiger partial charge < -0.3 is 4.74 Å². The molecule has 1 aromatic carbocycles. The Morgan fingerprint density at radius 1 is 1.43 bits per heavy atom. The fraction of sp³-hybridized carbons (Fsp3) is 0.133. The largest absolute Gasteiger partial charge is 0.496 e. The highest BCUT2D eigenvalue weighted by Gasteiger charge is 2.09. The van der Waals surface area contributed by atoms with Gasteiger partial charge in [-0.2, -0.15) is 5.26 Å². The van der Waals surface area contributed by atoms with Gasteiger partial charge in [0.25, 0.3) is 5.56 Å². The summed E-state index contributed by atoms with van der Waals surface area (Å²) in [6.45, 7) is 0.318. The third-order valence-electron chi connectivity index (χ3n) is 3.19. The highest BCUT2D eigenvalue weighted by molar-refractivity contribution is 7.17. The standard InChI is InChI=1S/C15H11N3O2S/c1-20-13-3-2-10(7-16)6-11(13)8-18-9-17-12-4-5-21-14(12)15(18)19/h2-6,9H,8H2,1H3. The molecule has 2 aromatic heterocycles. The first-order valence-corrected chi connectivity index (χ1v) is 7.10. The minimum absolute atomic E-state index is 0.0839. The van der Waals surface area contributed by atoms with E-state index in [4.69, 9.17) is 10.00 Å². The third kappa shape index (κ3) is 2.39. The summed E-state index contributed by atoms with van der Waals surface area (Å²) in [5.74, 6) is 0.646. The fourth-order valence-corrected chi connectivity index (χ4v) is 2.94. The van der Waals surface area contributed by atoms with Crippen LogP contribution in [-0.2, 0) is 6.54 Å². The zero-order valence-corrected chi connectivity index (χ0v) is 12.1. The van der Waals surface area contributed by atoms with Crippen LogP contribution in [0.25, 0.3) is 10.2 Å². The maximum Gasteiger partial charge on any atom is 0.271 e. The van der Waals surface area contributed by atoms with Gasteiger partial charge in [0, 0.05) is 5.56 Å². The van der Waals surface area contributed by atoms with E-state index in [1.165, 1.54) is 22.2 Å². The molecule has 0 saturated heterocycles. The molecular weight excluding hydrogens is 286 g/mol. The topological polar surface area (TPSA) is 67.9 Å². The molecular formula is C15H11N3O2S. The monoisotopic (exact) mass is 297 g/mol. The van der Waals surface area contributed by atoms with Crippen LogP contribution in [0.15, 0.2) is 40.8 Å². The van der Waals surface area contributed by atoms with Crippen molar-refractivity contribution >= 4 is 21.6 Å². The van der Waals surface area contributed by atoms with Crippen molar-refractivity contribution in [3.05, 3.63) is 57.5 Å². The second kappa shape index (κ2) is 5.38. The lowest BCUT2D eigenvalue weighted by Crippen LogP contribution is -2.20. The van der Waals surface area contributed by atoms with Crippen molar-refractivity contribution in [1.29, 1.82) is 5.26 Å². The smallest absolute Gasteiger partial charge is 0.271 e. The van der Waals surface area contributed by atoms with Gasteiger partial charge in [0.2, 0.25) is 0 Å². The van der Waals surface area contributed by atoms with Crippen molar-refractivity contribution in [3.63, 3.8) is 0 Å². The van der Waals surface area contributed by atoms with Gasteiger partial charge in [-0.05, 0) is 29.6 Å². The summed E-state index contributed by atoms with van der Waals surface area (Å²) in [5, 5.41) is 10.8. The van der Waals surface area contributed by atoms with Crippen molar-refractivity contribution in [2.75, 3.05) is 7.11 Å². The maximum absolute atomic E-state index is 12.4. The molecule has 0 bridgehead atoms. The van der Waals surface area contributed by atoms with Crippen LogP contribution in [0.3, 0.4) is 0 Å². The molecule has 0 atom stereocenters. The average Bonchev–Trinajstić information content (AvgIpc) is 2.99. The van der Waals surface area contributed by atoms with Crippen LogP contribution in [-0.4, -0.2) is 16.7 Å². The number of fused-ring (bicyclic) bond motifs is 1. The van der Waals surface area contributed by atoms with Gasteiger partial charge in [0.15, 0.2) is 0 Å². The van der Waals surface area contributed by atoms with Crippen LogP contribution in [0.2, 0.25) is 0 Å². The number of rotatable bonds is 3. The Bertz CT molecular complexity index is 905. The summed E-state index contributed by atoms with van der Waals surface area (Å²) in [7, 11) is 1.56. The number of ether oxygens (including phenoxy) is 1. The summed E-state index contributed by atoms with van der Waals surface area (Å²) in [4.78, 5) is 16.6. The summed E-state index contributed by atoms with van der Waals surface area (Å²) >= 11 is 1.38. The number of aromatic nitrogens is 2. The lowest BCUT2D eigenvalue weighted by Gasteiger charge is -2.10. The number of thiophene rings is 1. The second-order valence-electron chi connectivity index (χ2n) is 4.45. The quantitative estimate of drug-likeness (QED) is 0.744. The number of hydrogen-bond donors (Lipinski definition) is 0. The summed E-state index contributed by atoms with van der Waals surface area (Å²) < 4.78 is 7.44. The van der Waals surface area contributed by atoms with E-state index in [0.717, 1.165) is 5.56 Å². The van der Waals surface area contributed by atoms with Crippen molar-refractivity contribution in [2.45, 2.75) is 6.54 Å². The number of hydrogen-bond acceptors (Lipinski definition) is 5. The molecule has 21 heavy (non-hydrogen) atoms. The Morgan fingerprint density at radius 2 is 2.29 bits per heavy atom. The van der Waals surface area contributed by atoms with Crippen LogP contribution in [0.5, 0.6) is 5.75 Å². The van der Waals surface area contributed by atoms with E-state index in [2.05, 4.69) is 11.1 Å². The van der Waals surface area contributed by atoms with Crippen LogP contribution in [0.4, 0.5) is 0 Å². The van der Waals surface area contributed by atoms with Crippen LogP contribution in [0.1, 0.15) is 11.1 Å². The number of nitriles is 1. The number of nitrogens with zero attached hydrogens (tertiary/aromatic N) is 3. The van der Waals surface area contributed by atoms with E-state index < -0.39 is 0 Å². The minimum Gasteiger partial charge on any atom is -0.496 e. The molecule has 3 aromatic rings. The Morgan fingerprint density at radius 3 is 3.05 bits per heavy atom. The number of methoxy groups -OCH3 is 1. The SMILES string of the molecule is COc1ccc(C#N)cc1Cn1cnc2ccsc2c1=O. The summed E-state index contributed by atoms with van der Waals surface area (Å²) in [6, 6.07) is 9.05. The van der Waals surface area contributed by atoms with Gasteiger partial charge >= 0.3 is 0 Å². The zero-order valence-electron chi connectivity index (χ0n) is 11.2. The molecule has 104 valence electrons. The maximum atomic E-state index is 12.4. The fourth-order valence-electron chi connectivity index (χ4n) is 2.15. The molecule has 0 saturated carbocycles. The van der Waals surface area contributed by atoms with Gasteiger partial charge in [0.1, 0.15) is 10.4 Å². The van der Waals surface area contributed by atoms with Gasteiger partial charge in [-0.15, -0.1) is 11.3 Å². The molecule has 0 aliphatic heterocycles. The van der Waals surface area contributed by atoms with Crippen LogP contribution >= 0.6 is 11.3 Å². The van der Waals surface area contributed by atoms with E-state index in [9.17, 15) is 4.79 Å². The van der Waals surface area contributed by atoms with Gasteiger partial charge in [-0.1, -0.05) is 0 Å². The molecule has 6 heteroatoms. The number of benzene rings is 1. The van der Waals surface area contributed by atoms with E-state index in [1.54, 1.807) is 25.3 Å². The third-order valence-corrected chi connectivity index (χ3v) is 4.08. The Kier molecular flexibility index (Phi) is 3.42. The predicted molar refractivity (Wildman–Crippen MR) is 80.7 cm³/mol. The van der Waals surface area contributed by atoms with E-state index in [0.29, 0.717) is 28.1 Å². The summed E-state index contributed by atoms with van der Waals surface area (Å²) in [6.07, 6.45) is 1.52. The second-order valence-corrected chi connectivity index (χ2v) is 5.37. The van der Waals surface area contributed by atoms with Gasteiger partial charge in [-0.25, -0.2) is 4.98 Å². The molecule has 0 spiro atoms. The van der Waals surface area contributed by atoms with Gasteiger partial charge in [-0.3, -0.25) is 9.36 Å². The Labute approximate surface area is 124 Å². The van der Waals surface area contributed by atoms with Crippen molar-refractivity contribution in [2.24, 2.45) is 0 Å². The first-order valence-electron chi connectivity index (χ1n) is 6.22. The first kappa shape index (κ1) is 13.3. The molecule has 0 unspecified atom stereocenters. The van der Waals surface area contributed by atoms with E-state index >= 15 is 0 Å². The highest BCUT2D eigenvalue weighted by Crippen LogP contribution is 2.21. The molecule has 0 fully saturated rings.